The number of carbonyl (C=O) groups excluding carboxylic acids is 2. The number of benzene rings is 3. The average Bonchev–Trinajstić information content (AvgIpc) is 3.78. The fourth-order valence-electron chi connectivity index (χ4n) is 8.29. The fraction of sp³-hybridized carbons (Fsp3) is 0.273. The number of nitrogens with zero attached hydrogens (tertiary/aromatic N) is 6. The molecule has 5 heterocycles. The molecule has 8 rings (SSSR count). The van der Waals surface area contributed by atoms with Gasteiger partial charge in [-0.3, -0.25) is 14.3 Å². The zero-order valence-electron chi connectivity index (χ0n) is 32.5. The molecule has 0 saturated carbocycles. The first-order chi connectivity index (χ1) is 26.8. The summed E-state index contributed by atoms with van der Waals surface area (Å²) in [6, 6.07) is 18.7. The van der Waals surface area contributed by atoms with Gasteiger partial charge in [-0.15, -0.1) is 0 Å². The van der Waals surface area contributed by atoms with E-state index in [0.717, 1.165) is 77.5 Å². The van der Waals surface area contributed by atoms with Gasteiger partial charge in [0.15, 0.2) is 0 Å². The number of hydrogen-bond donors (Lipinski definition) is 1. The molecule has 3 aromatic carbocycles. The van der Waals surface area contributed by atoms with Crippen LogP contribution in [0.3, 0.4) is 0 Å². The average molecular weight is 789 g/mol. The van der Waals surface area contributed by atoms with Crippen LogP contribution in [-0.2, 0) is 20.5 Å². The van der Waals surface area contributed by atoms with Gasteiger partial charge in [0.25, 0.3) is 11.8 Å². The van der Waals surface area contributed by atoms with Gasteiger partial charge in [-0.25, -0.2) is 4.98 Å². The molecule has 0 spiro atoms. The number of aryl methyl sites for hydroxylation is 6. The lowest BCUT2D eigenvalue weighted by Gasteiger charge is -2.34. The lowest BCUT2D eigenvalue weighted by molar-refractivity contribution is 0.0957. The Kier molecular flexibility index (Phi) is 9.66. The maximum Gasteiger partial charge on any atom is 0.275 e. The predicted octanol–water partition coefficient (Wildman–Crippen LogP) is 9.95. The lowest BCUT2D eigenvalue weighted by atomic mass is 9.98. The van der Waals surface area contributed by atoms with Crippen LogP contribution in [0.25, 0.3) is 32.9 Å². The molecule has 4 aromatic heterocycles. The predicted molar refractivity (Wildman–Crippen MR) is 225 cm³/mol. The van der Waals surface area contributed by atoms with Gasteiger partial charge in [0.1, 0.15) is 17.3 Å². The van der Waals surface area contributed by atoms with E-state index in [1.54, 1.807) is 24.4 Å². The first-order valence-electron chi connectivity index (χ1n) is 18.7. The minimum atomic E-state index is -0.280. The number of ether oxygens (including phenoxy) is 1. The maximum atomic E-state index is 15.2. The van der Waals surface area contributed by atoms with Crippen molar-refractivity contribution in [1.82, 2.24) is 23.9 Å². The number of anilines is 2. The molecule has 12 heteroatoms. The quantitative estimate of drug-likeness (QED) is 0.147. The number of hydrogen-bond acceptors (Lipinski definition) is 5. The largest absolute Gasteiger partial charge is 0.494 e. The summed E-state index contributed by atoms with van der Waals surface area (Å²) in [4.78, 5) is 34.7. The van der Waals surface area contributed by atoms with Crippen molar-refractivity contribution in [3.05, 3.63) is 122 Å². The summed E-state index contributed by atoms with van der Waals surface area (Å²) in [5.74, 6) is 0.838. The normalized spacial score (nSPS) is 14.2. The van der Waals surface area contributed by atoms with Gasteiger partial charge in [0, 0.05) is 82.8 Å². The van der Waals surface area contributed by atoms with Gasteiger partial charge < -0.3 is 24.1 Å². The van der Waals surface area contributed by atoms with E-state index >= 15 is 4.79 Å². The topological polar surface area (TPSA) is 99.2 Å². The van der Waals surface area contributed by atoms with Gasteiger partial charge in [-0.1, -0.05) is 35.3 Å². The number of nitrogens with one attached hydrogen (secondary N) is 1. The molecule has 10 nitrogen and oxygen atoms in total. The van der Waals surface area contributed by atoms with Crippen molar-refractivity contribution < 1.29 is 14.3 Å². The van der Waals surface area contributed by atoms with E-state index in [1.807, 2.05) is 105 Å². The molecule has 2 amide bonds. The highest BCUT2D eigenvalue weighted by Crippen LogP contribution is 2.46. The third kappa shape index (κ3) is 6.30. The second kappa shape index (κ2) is 14.5. The van der Waals surface area contributed by atoms with Crippen LogP contribution >= 0.6 is 23.2 Å². The van der Waals surface area contributed by atoms with E-state index in [2.05, 4.69) is 21.8 Å². The van der Waals surface area contributed by atoms with Crippen LogP contribution < -0.4 is 15.0 Å². The zero-order chi connectivity index (χ0) is 39.6. The van der Waals surface area contributed by atoms with E-state index in [9.17, 15) is 4.79 Å². The SMILES string of the molecule is Cc1cc(OCCCc2c3n(c4c(-c5c(C)nn(C)c5C)c(Cl)ccc24)[C@H](C)CN(c2cn(C)c4ccc(C(=O)Nc5ccccn5)cc24)C3=O)cc(C)c1Cl. The molecule has 0 unspecified atom stereocenters. The Bertz CT molecular complexity index is 2690. The molecule has 0 bridgehead atoms. The summed E-state index contributed by atoms with van der Waals surface area (Å²) in [6.07, 6.45) is 4.87. The zero-order valence-corrected chi connectivity index (χ0v) is 34.0. The highest BCUT2D eigenvalue weighted by Gasteiger charge is 2.37. The van der Waals surface area contributed by atoms with E-state index in [0.29, 0.717) is 48.1 Å². The second-order valence-corrected chi connectivity index (χ2v) is 15.6. The number of halogens is 2. The van der Waals surface area contributed by atoms with Gasteiger partial charge in [-0.05, 0) is 113 Å². The summed E-state index contributed by atoms with van der Waals surface area (Å²) in [5.41, 5.74) is 10.3. The summed E-state index contributed by atoms with van der Waals surface area (Å²) < 4.78 is 12.3. The Morgan fingerprint density at radius 2 is 1.73 bits per heavy atom. The summed E-state index contributed by atoms with van der Waals surface area (Å²) >= 11 is 13.6. The third-order valence-corrected chi connectivity index (χ3v) is 11.9. The van der Waals surface area contributed by atoms with Crippen molar-refractivity contribution in [3.8, 4) is 16.9 Å². The molecular formula is C44H43Cl2N7O3. The van der Waals surface area contributed by atoms with Gasteiger partial charge >= 0.3 is 0 Å². The number of aromatic nitrogens is 5. The molecule has 286 valence electrons. The molecular weight excluding hydrogens is 745 g/mol. The van der Waals surface area contributed by atoms with Crippen molar-refractivity contribution in [2.45, 2.75) is 53.5 Å². The van der Waals surface area contributed by atoms with Gasteiger partial charge in [0.2, 0.25) is 0 Å². The summed E-state index contributed by atoms with van der Waals surface area (Å²) in [5, 5.41) is 10.7. The first-order valence-corrected chi connectivity index (χ1v) is 19.5. The molecule has 1 N–H and O–H groups in total. The molecule has 0 saturated heterocycles. The molecule has 0 fully saturated rings. The molecule has 0 aliphatic carbocycles. The van der Waals surface area contributed by atoms with Crippen molar-refractivity contribution in [1.29, 1.82) is 0 Å². The smallest absolute Gasteiger partial charge is 0.275 e. The molecule has 1 aliphatic rings. The minimum absolute atomic E-state index is 0.114. The summed E-state index contributed by atoms with van der Waals surface area (Å²) in [7, 11) is 3.89. The fourth-order valence-corrected chi connectivity index (χ4v) is 8.65. The Morgan fingerprint density at radius 1 is 0.964 bits per heavy atom. The minimum Gasteiger partial charge on any atom is -0.494 e. The Labute approximate surface area is 335 Å². The lowest BCUT2D eigenvalue weighted by Crippen LogP contribution is -2.42. The number of pyridine rings is 1. The number of rotatable bonds is 9. The van der Waals surface area contributed by atoms with Crippen LogP contribution in [0.15, 0.2) is 73.1 Å². The van der Waals surface area contributed by atoms with Crippen LogP contribution in [0.1, 0.15) is 68.3 Å². The molecule has 0 radical (unpaired) electrons. The van der Waals surface area contributed by atoms with Crippen molar-refractivity contribution in [2.75, 3.05) is 23.4 Å². The van der Waals surface area contributed by atoms with Crippen molar-refractivity contribution >= 4 is 68.3 Å². The summed E-state index contributed by atoms with van der Waals surface area (Å²) in [6.45, 7) is 11.0. The van der Waals surface area contributed by atoms with E-state index in [1.165, 1.54) is 0 Å². The molecule has 7 aromatic rings. The molecule has 1 atom stereocenters. The van der Waals surface area contributed by atoms with E-state index in [4.69, 9.17) is 33.0 Å². The number of carbonyl (C=O) groups is 2. The highest BCUT2D eigenvalue weighted by atomic mass is 35.5. The van der Waals surface area contributed by atoms with Crippen molar-refractivity contribution in [3.63, 3.8) is 0 Å². The second-order valence-electron chi connectivity index (χ2n) is 14.8. The Hall–Kier alpha value is -5.58. The van der Waals surface area contributed by atoms with Gasteiger partial charge in [-0.2, -0.15) is 5.10 Å². The van der Waals surface area contributed by atoms with E-state index < -0.39 is 0 Å². The first kappa shape index (κ1) is 37.3. The maximum absolute atomic E-state index is 15.2. The van der Waals surface area contributed by atoms with Crippen LogP contribution in [-0.4, -0.2) is 48.9 Å². The van der Waals surface area contributed by atoms with Crippen LogP contribution in [0.4, 0.5) is 11.5 Å². The van der Waals surface area contributed by atoms with E-state index in [-0.39, 0.29) is 17.9 Å². The molecule has 56 heavy (non-hydrogen) atoms. The standard InChI is InChI=1S/C44H43Cl2N7O3/c1-24-19-30(20-25(2)40(24)46)56-18-10-11-31-32-14-15-34(45)39(38-27(4)49-51(7)28(38)5)41(32)53-26(3)22-52(44(55)42(31)53)36-23-50(6)35-16-13-29(21-33(35)36)43(54)48-37-12-8-9-17-47-37/h8-9,12-17,19-21,23,26H,10-11,18,22H2,1-7H3,(H,47,48,54)/t26-/m1/s1. The molecule has 1 aliphatic heterocycles. The van der Waals surface area contributed by atoms with Crippen LogP contribution in [0.5, 0.6) is 5.75 Å². The number of fused-ring (bicyclic) bond motifs is 4. The van der Waals surface area contributed by atoms with Gasteiger partial charge in [0.05, 0.1) is 28.5 Å². The third-order valence-electron chi connectivity index (χ3n) is 11.0. The Balaban J connectivity index is 1.23. The number of amides is 2. The van der Waals surface area contributed by atoms with Crippen molar-refractivity contribution in [2.24, 2.45) is 14.1 Å². The highest BCUT2D eigenvalue weighted by molar-refractivity contribution is 6.35. The van der Waals surface area contributed by atoms with Crippen LogP contribution in [0.2, 0.25) is 10.0 Å². The monoisotopic (exact) mass is 787 g/mol. The Morgan fingerprint density at radius 3 is 2.43 bits per heavy atom. The van der Waals surface area contributed by atoms with Crippen LogP contribution in [0, 0.1) is 27.7 Å².